The van der Waals surface area contributed by atoms with Crippen molar-refractivity contribution in [3.63, 3.8) is 0 Å². The Bertz CT molecular complexity index is 1000. The van der Waals surface area contributed by atoms with Gasteiger partial charge in [-0.1, -0.05) is 17.7 Å². The fraction of sp³-hybridized carbons (Fsp3) is 0.105. The molecule has 0 aliphatic heterocycles. The van der Waals surface area contributed by atoms with Crippen LogP contribution < -0.4 is 10.6 Å². The average molecular weight is 389 g/mol. The van der Waals surface area contributed by atoms with Crippen molar-refractivity contribution in [1.82, 2.24) is 9.97 Å². The summed E-state index contributed by atoms with van der Waals surface area (Å²) in [5, 5.41) is 5.96. The van der Waals surface area contributed by atoms with Crippen LogP contribution in [-0.4, -0.2) is 15.9 Å². The van der Waals surface area contributed by atoms with E-state index in [1.54, 1.807) is 6.07 Å². The minimum atomic E-state index is -1.05. The molecule has 1 aromatic heterocycles. The molecule has 0 aliphatic carbocycles. The van der Waals surface area contributed by atoms with Gasteiger partial charge < -0.3 is 10.6 Å². The minimum Gasteiger partial charge on any atom is -0.323 e. The molecule has 0 fully saturated rings. The van der Waals surface area contributed by atoms with Crippen LogP contribution in [0.5, 0.6) is 0 Å². The summed E-state index contributed by atoms with van der Waals surface area (Å²) in [6.07, 6.45) is 1.41. The number of hydrogen-bond donors (Lipinski definition) is 2. The molecule has 1 amide bonds. The quantitative estimate of drug-likeness (QED) is 0.658. The third-order valence-corrected chi connectivity index (χ3v) is 4.03. The van der Waals surface area contributed by atoms with E-state index >= 15 is 0 Å². The molecular weight excluding hydrogens is 374 g/mol. The topological polar surface area (TPSA) is 66.9 Å². The molecule has 3 rings (SSSR count). The van der Waals surface area contributed by atoms with E-state index in [1.165, 1.54) is 18.3 Å². The standard InChI is InChI=1S/C19H15ClF2N4O/c1-10-7-11(2)17(13(20)8-10)26-19-23-6-5-16(25-19)18(27)24-12-3-4-14(21)15(22)9-12/h3-9H,1-2H3,(H,24,27)(H,23,25,26). The highest BCUT2D eigenvalue weighted by molar-refractivity contribution is 6.33. The van der Waals surface area contributed by atoms with Crippen LogP contribution >= 0.6 is 11.6 Å². The number of benzene rings is 2. The number of rotatable bonds is 4. The number of carbonyl (C=O) groups is 1. The van der Waals surface area contributed by atoms with Crippen molar-refractivity contribution in [1.29, 1.82) is 0 Å². The van der Waals surface area contributed by atoms with Crippen LogP contribution in [0.1, 0.15) is 21.6 Å². The van der Waals surface area contributed by atoms with Crippen molar-refractivity contribution in [2.75, 3.05) is 10.6 Å². The van der Waals surface area contributed by atoms with Gasteiger partial charge in [0.05, 0.1) is 10.7 Å². The molecule has 0 unspecified atom stereocenters. The van der Waals surface area contributed by atoms with Gasteiger partial charge in [-0.15, -0.1) is 0 Å². The van der Waals surface area contributed by atoms with Crippen molar-refractivity contribution >= 4 is 34.8 Å². The molecule has 0 saturated carbocycles. The first kappa shape index (κ1) is 18.7. The Balaban J connectivity index is 1.81. The Labute approximate surface area is 159 Å². The van der Waals surface area contributed by atoms with Crippen molar-refractivity contribution in [2.45, 2.75) is 13.8 Å². The Morgan fingerprint density at radius 1 is 1.07 bits per heavy atom. The van der Waals surface area contributed by atoms with Crippen LogP contribution in [0.25, 0.3) is 0 Å². The summed E-state index contributed by atoms with van der Waals surface area (Å²) in [6.45, 7) is 3.82. The highest BCUT2D eigenvalue weighted by Crippen LogP contribution is 2.29. The lowest BCUT2D eigenvalue weighted by atomic mass is 10.1. The van der Waals surface area contributed by atoms with Crippen LogP contribution in [-0.2, 0) is 0 Å². The second-order valence-corrected chi connectivity index (χ2v) is 6.32. The Kier molecular flexibility index (Phi) is 5.32. The second kappa shape index (κ2) is 7.67. The smallest absolute Gasteiger partial charge is 0.274 e. The molecule has 0 spiro atoms. The number of nitrogens with one attached hydrogen (secondary N) is 2. The molecule has 1 heterocycles. The van der Waals surface area contributed by atoms with Crippen molar-refractivity contribution in [3.8, 4) is 0 Å². The number of halogens is 3. The van der Waals surface area contributed by atoms with E-state index in [0.29, 0.717) is 10.7 Å². The minimum absolute atomic E-state index is 0.0538. The number of aromatic nitrogens is 2. The first-order valence-electron chi connectivity index (χ1n) is 7.96. The number of aryl methyl sites for hydroxylation is 2. The van der Waals surface area contributed by atoms with Gasteiger partial charge in [-0.3, -0.25) is 4.79 Å². The molecule has 3 aromatic rings. The molecule has 0 bridgehead atoms. The summed E-state index contributed by atoms with van der Waals surface area (Å²) in [4.78, 5) is 20.6. The maximum absolute atomic E-state index is 13.3. The molecule has 2 N–H and O–H groups in total. The Hall–Kier alpha value is -3.06. The SMILES string of the molecule is Cc1cc(C)c(Nc2nccc(C(=O)Nc3ccc(F)c(F)c3)n2)c(Cl)c1. The van der Waals surface area contributed by atoms with Gasteiger partial charge in [0.2, 0.25) is 5.95 Å². The lowest BCUT2D eigenvalue weighted by Gasteiger charge is -2.12. The van der Waals surface area contributed by atoms with E-state index in [2.05, 4.69) is 20.6 Å². The Morgan fingerprint density at radius 3 is 2.56 bits per heavy atom. The van der Waals surface area contributed by atoms with Crippen LogP contribution in [0.3, 0.4) is 0 Å². The van der Waals surface area contributed by atoms with E-state index in [-0.39, 0.29) is 17.3 Å². The lowest BCUT2D eigenvalue weighted by molar-refractivity contribution is 0.102. The molecule has 0 radical (unpaired) electrons. The first-order chi connectivity index (χ1) is 12.8. The van der Waals surface area contributed by atoms with E-state index < -0.39 is 17.5 Å². The largest absolute Gasteiger partial charge is 0.323 e. The summed E-state index contributed by atoms with van der Waals surface area (Å²) in [5.74, 6) is -2.45. The number of nitrogens with zero attached hydrogens (tertiary/aromatic N) is 2. The predicted molar refractivity (Wildman–Crippen MR) is 101 cm³/mol. The zero-order valence-corrected chi connectivity index (χ0v) is 15.2. The van der Waals surface area contributed by atoms with Gasteiger partial charge in [-0.05, 0) is 49.2 Å². The molecule has 0 atom stereocenters. The maximum Gasteiger partial charge on any atom is 0.274 e. The highest BCUT2D eigenvalue weighted by atomic mass is 35.5. The first-order valence-corrected chi connectivity index (χ1v) is 8.34. The molecule has 27 heavy (non-hydrogen) atoms. The van der Waals surface area contributed by atoms with Crippen LogP contribution in [0, 0.1) is 25.5 Å². The van der Waals surface area contributed by atoms with Crippen LogP contribution in [0.15, 0.2) is 42.6 Å². The zero-order chi connectivity index (χ0) is 19.6. The van der Waals surface area contributed by atoms with Crippen LogP contribution in [0.4, 0.5) is 26.1 Å². The van der Waals surface area contributed by atoms with Crippen molar-refractivity contribution < 1.29 is 13.6 Å². The van der Waals surface area contributed by atoms with E-state index in [9.17, 15) is 13.6 Å². The second-order valence-electron chi connectivity index (χ2n) is 5.91. The van der Waals surface area contributed by atoms with Gasteiger partial charge in [0, 0.05) is 18.0 Å². The van der Waals surface area contributed by atoms with Crippen molar-refractivity contribution in [2.24, 2.45) is 0 Å². The predicted octanol–water partition coefficient (Wildman–Crippen LogP) is 5.02. The summed E-state index contributed by atoms with van der Waals surface area (Å²) < 4.78 is 26.2. The monoisotopic (exact) mass is 388 g/mol. The molecule has 5 nitrogen and oxygen atoms in total. The third-order valence-electron chi connectivity index (χ3n) is 3.73. The zero-order valence-electron chi connectivity index (χ0n) is 14.5. The van der Waals surface area contributed by atoms with Crippen molar-refractivity contribution in [3.05, 3.63) is 76.1 Å². The number of anilines is 3. The van der Waals surface area contributed by atoms with Gasteiger partial charge in [-0.2, -0.15) is 0 Å². The fourth-order valence-corrected chi connectivity index (χ4v) is 2.87. The lowest BCUT2D eigenvalue weighted by Crippen LogP contribution is -2.15. The number of hydrogen-bond acceptors (Lipinski definition) is 4. The van der Waals surface area contributed by atoms with E-state index in [4.69, 9.17) is 11.6 Å². The summed E-state index contributed by atoms with van der Waals surface area (Å²) in [5.41, 5.74) is 2.73. The van der Waals surface area contributed by atoms with Crippen LogP contribution in [0.2, 0.25) is 5.02 Å². The summed E-state index contributed by atoms with van der Waals surface area (Å²) in [6, 6.07) is 8.24. The van der Waals surface area contributed by atoms with Gasteiger partial charge in [0.15, 0.2) is 11.6 Å². The van der Waals surface area contributed by atoms with E-state index in [1.807, 2.05) is 19.9 Å². The summed E-state index contributed by atoms with van der Waals surface area (Å²) >= 11 is 6.26. The summed E-state index contributed by atoms with van der Waals surface area (Å²) in [7, 11) is 0. The molecule has 0 aliphatic rings. The van der Waals surface area contributed by atoms with Gasteiger partial charge in [0.25, 0.3) is 5.91 Å². The Morgan fingerprint density at radius 2 is 1.85 bits per heavy atom. The molecule has 2 aromatic carbocycles. The highest BCUT2D eigenvalue weighted by Gasteiger charge is 2.13. The molecule has 8 heteroatoms. The molecule has 0 saturated heterocycles. The van der Waals surface area contributed by atoms with Gasteiger partial charge in [-0.25, -0.2) is 18.7 Å². The maximum atomic E-state index is 13.3. The average Bonchev–Trinajstić information content (AvgIpc) is 2.61. The number of amides is 1. The molecular formula is C19H15ClF2N4O. The fourth-order valence-electron chi connectivity index (χ4n) is 2.50. The molecule has 138 valence electrons. The van der Waals surface area contributed by atoms with Gasteiger partial charge >= 0.3 is 0 Å². The normalized spacial score (nSPS) is 10.6. The van der Waals surface area contributed by atoms with Gasteiger partial charge in [0.1, 0.15) is 5.69 Å². The third kappa shape index (κ3) is 4.38. The number of carbonyl (C=O) groups excluding carboxylic acids is 1. The van der Waals surface area contributed by atoms with E-state index in [0.717, 1.165) is 23.3 Å².